The minimum atomic E-state index is -0.673. The molecule has 2 aromatic heterocycles. The predicted octanol–water partition coefficient (Wildman–Crippen LogP) is 2.88. The first-order valence-electron chi connectivity index (χ1n) is 8.13. The largest absolute Gasteiger partial charge is 0.444 e. The van der Waals surface area contributed by atoms with Gasteiger partial charge in [-0.25, -0.2) is 28.2 Å². The predicted molar refractivity (Wildman–Crippen MR) is 101 cm³/mol. The molecule has 0 bridgehead atoms. The highest BCUT2D eigenvalue weighted by molar-refractivity contribution is 9.10. The molecule has 0 aliphatic rings. The molecular formula is C17H21BrFN5O3. The van der Waals surface area contributed by atoms with Gasteiger partial charge in [-0.15, -0.1) is 0 Å². The van der Waals surface area contributed by atoms with Crippen molar-refractivity contribution in [1.29, 1.82) is 0 Å². The summed E-state index contributed by atoms with van der Waals surface area (Å²) in [7, 11) is 0. The lowest BCUT2D eigenvalue weighted by molar-refractivity contribution is 0.0532. The number of ether oxygens (including phenoxy) is 1. The summed E-state index contributed by atoms with van der Waals surface area (Å²) in [4.78, 5) is 28.5. The number of nitrogens with one attached hydrogen (secondary N) is 1. The molecule has 2 aromatic rings. The van der Waals surface area contributed by atoms with Gasteiger partial charge < -0.3 is 10.1 Å². The third-order valence-corrected chi connectivity index (χ3v) is 3.81. The number of carbonyl (C=O) groups is 1. The molecule has 0 aliphatic carbocycles. The van der Waals surface area contributed by atoms with Gasteiger partial charge in [-0.05, 0) is 60.8 Å². The molecule has 2 rings (SSSR count). The van der Waals surface area contributed by atoms with Crippen LogP contribution >= 0.6 is 15.9 Å². The lowest BCUT2D eigenvalue weighted by Gasteiger charge is -2.19. The van der Waals surface area contributed by atoms with Gasteiger partial charge in [0.1, 0.15) is 22.3 Å². The molecule has 0 fully saturated rings. The Balaban J connectivity index is 2.11. The third-order valence-electron chi connectivity index (χ3n) is 3.36. The van der Waals surface area contributed by atoms with E-state index >= 15 is 0 Å². The average molecular weight is 442 g/mol. The van der Waals surface area contributed by atoms with Gasteiger partial charge in [0.15, 0.2) is 0 Å². The minimum Gasteiger partial charge on any atom is -0.444 e. The highest BCUT2D eigenvalue weighted by Crippen LogP contribution is 2.14. The van der Waals surface area contributed by atoms with Crippen LogP contribution in [0.15, 0.2) is 39.8 Å². The van der Waals surface area contributed by atoms with Crippen molar-refractivity contribution in [1.82, 2.24) is 24.6 Å². The molecule has 0 unspecified atom stereocenters. The van der Waals surface area contributed by atoms with Crippen molar-refractivity contribution >= 4 is 22.0 Å². The first-order chi connectivity index (χ1) is 12.6. The zero-order valence-corrected chi connectivity index (χ0v) is 17.1. The van der Waals surface area contributed by atoms with Gasteiger partial charge in [-0.2, -0.15) is 5.10 Å². The lowest BCUT2D eigenvalue weighted by atomic mass is 10.2. The second-order valence-electron chi connectivity index (χ2n) is 6.84. The van der Waals surface area contributed by atoms with E-state index in [2.05, 4.69) is 31.3 Å². The van der Waals surface area contributed by atoms with Crippen LogP contribution in [0.5, 0.6) is 0 Å². The minimum absolute atomic E-state index is 0.112. The van der Waals surface area contributed by atoms with Crippen molar-refractivity contribution in [3.8, 4) is 5.82 Å². The fourth-order valence-electron chi connectivity index (χ4n) is 2.15. The molecular weight excluding hydrogens is 421 g/mol. The van der Waals surface area contributed by atoms with Crippen LogP contribution in [-0.2, 0) is 11.3 Å². The summed E-state index contributed by atoms with van der Waals surface area (Å²) in [6.07, 6.45) is 0.987. The van der Waals surface area contributed by atoms with Crippen LogP contribution in [0.2, 0.25) is 0 Å². The molecule has 0 radical (unpaired) electrons. The van der Waals surface area contributed by atoms with E-state index in [-0.39, 0.29) is 18.7 Å². The number of halogens is 2. The van der Waals surface area contributed by atoms with Crippen LogP contribution in [0.4, 0.5) is 9.18 Å². The van der Waals surface area contributed by atoms with Crippen molar-refractivity contribution in [2.75, 3.05) is 6.54 Å². The molecule has 0 aromatic carbocycles. The smallest absolute Gasteiger partial charge is 0.407 e. The monoisotopic (exact) mass is 441 g/mol. The number of aryl methyl sites for hydroxylation is 1. The maximum Gasteiger partial charge on any atom is 0.407 e. The maximum atomic E-state index is 13.2. The number of rotatable bonds is 5. The lowest BCUT2D eigenvalue weighted by Crippen LogP contribution is -2.34. The van der Waals surface area contributed by atoms with Crippen LogP contribution in [0.25, 0.3) is 5.82 Å². The Morgan fingerprint density at radius 2 is 2.11 bits per heavy atom. The second kappa shape index (κ2) is 8.47. The highest BCUT2D eigenvalue weighted by Gasteiger charge is 2.17. The van der Waals surface area contributed by atoms with Crippen molar-refractivity contribution in [3.63, 3.8) is 0 Å². The summed E-state index contributed by atoms with van der Waals surface area (Å²) in [5.41, 5.74) is -0.186. The highest BCUT2D eigenvalue weighted by atomic mass is 79.9. The summed E-state index contributed by atoms with van der Waals surface area (Å²) in [6, 6.07) is 3.58. The van der Waals surface area contributed by atoms with E-state index in [1.807, 2.05) is 13.0 Å². The molecule has 0 aliphatic heterocycles. The van der Waals surface area contributed by atoms with Gasteiger partial charge in [0.2, 0.25) is 0 Å². The summed E-state index contributed by atoms with van der Waals surface area (Å²) < 4.78 is 21.2. The molecule has 8 nitrogen and oxygen atoms in total. The Morgan fingerprint density at radius 1 is 1.41 bits per heavy atom. The summed E-state index contributed by atoms with van der Waals surface area (Å²) in [5, 5.41) is 6.44. The molecule has 0 saturated heterocycles. The number of alkyl carbamates (subject to hydrolysis) is 1. The number of pyridine rings is 1. The Bertz CT molecular complexity index is 914. The molecule has 10 heteroatoms. The molecule has 1 amide bonds. The molecule has 1 N–H and O–H groups in total. The van der Waals surface area contributed by atoms with E-state index in [1.54, 1.807) is 26.8 Å². The SMILES string of the molecule is Cc1ccc(Br)nc1-n1cnn(CC(=CF)CNC(=O)OC(C)(C)C)c1=O. The molecule has 0 atom stereocenters. The number of amides is 1. The number of nitrogens with zero attached hydrogens (tertiary/aromatic N) is 4. The van der Waals surface area contributed by atoms with Crippen LogP contribution in [0, 0.1) is 6.92 Å². The summed E-state index contributed by atoms with van der Waals surface area (Å²) in [6.45, 7) is 6.76. The van der Waals surface area contributed by atoms with Gasteiger partial charge in [0, 0.05) is 6.54 Å². The fraction of sp³-hybridized carbons (Fsp3) is 0.412. The first-order valence-corrected chi connectivity index (χ1v) is 8.93. The quantitative estimate of drug-likeness (QED) is 0.720. The number of hydrogen-bond acceptors (Lipinski definition) is 5. The first kappa shape index (κ1) is 20.8. The zero-order valence-electron chi connectivity index (χ0n) is 15.5. The standard InChI is InChI=1S/C17H21BrFN5O3/c1-11-5-6-13(18)22-14(11)23-10-21-24(16(23)26)9-12(7-19)8-20-15(25)27-17(2,3)4/h5-7,10H,8-9H2,1-4H3,(H,20,25). The van der Waals surface area contributed by atoms with Gasteiger partial charge in [0.05, 0.1) is 12.9 Å². The van der Waals surface area contributed by atoms with E-state index in [0.717, 1.165) is 10.2 Å². The zero-order chi connectivity index (χ0) is 20.2. The molecule has 2 heterocycles. The summed E-state index contributed by atoms with van der Waals surface area (Å²) in [5.74, 6) is 0.429. The Labute approximate surface area is 164 Å². The van der Waals surface area contributed by atoms with Crippen LogP contribution in [-0.4, -0.2) is 37.6 Å². The molecule has 146 valence electrons. The molecule has 27 heavy (non-hydrogen) atoms. The van der Waals surface area contributed by atoms with Gasteiger partial charge in [0.25, 0.3) is 0 Å². The van der Waals surface area contributed by atoms with Crippen LogP contribution in [0.3, 0.4) is 0 Å². The van der Waals surface area contributed by atoms with Gasteiger partial charge in [-0.3, -0.25) is 0 Å². The van der Waals surface area contributed by atoms with E-state index in [1.165, 1.54) is 10.9 Å². The molecule has 0 saturated carbocycles. The van der Waals surface area contributed by atoms with Crippen molar-refractivity contribution in [2.45, 2.75) is 39.8 Å². The van der Waals surface area contributed by atoms with E-state index in [9.17, 15) is 14.0 Å². The fourth-order valence-corrected chi connectivity index (χ4v) is 2.45. The third kappa shape index (κ3) is 5.75. The van der Waals surface area contributed by atoms with E-state index < -0.39 is 17.4 Å². The van der Waals surface area contributed by atoms with E-state index in [0.29, 0.717) is 16.8 Å². The normalized spacial score (nSPS) is 12.1. The van der Waals surface area contributed by atoms with Gasteiger partial charge in [-0.1, -0.05) is 6.07 Å². The van der Waals surface area contributed by atoms with Crippen molar-refractivity contribution < 1.29 is 13.9 Å². The molecule has 0 spiro atoms. The number of carbonyl (C=O) groups excluding carboxylic acids is 1. The van der Waals surface area contributed by atoms with Crippen molar-refractivity contribution in [3.05, 3.63) is 51.0 Å². The van der Waals surface area contributed by atoms with Crippen LogP contribution in [0.1, 0.15) is 26.3 Å². The average Bonchev–Trinajstić information content (AvgIpc) is 2.92. The van der Waals surface area contributed by atoms with Crippen molar-refractivity contribution in [2.24, 2.45) is 0 Å². The number of hydrogen-bond donors (Lipinski definition) is 1. The topological polar surface area (TPSA) is 91.0 Å². The van der Waals surface area contributed by atoms with E-state index in [4.69, 9.17) is 4.74 Å². The Hall–Kier alpha value is -2.49. The maximum absolute atomic E-state index is 13.2. The Kier molecular flexibility index (Phi) is 6.53. The van der Waals surface area contributed by atoms with Gasteiger partial charge >= 0.3 is 11.8 Å². The Morgan fingerprint density at radius 3 is 2.74 bits per heavy atom. The second-order valence-corrected chi connectivity index (χ2v) is 7.65. The number of aromatic nitrogens is 4. The summed E-state index contributed by atoms with van der Waals surface area (Å²) >= 11 is 3.27. The van der Waals surface area contributed by atoms with Crippen LogP contribution < -0.4 is 11.0 Å².